The maximum absolute atomic E-state index is 6.03. The minimum absolute atomic E-state index is 0.164. The molecule has 0 radical (unpaired) electrons. The number of nitrogens with one attached hydrogen (secondary N) is 2. The van der Waals surface area contributed by atoms with Gasteiger partial charge in [0, 0.05) is 56.7 Å². The van der Waals surface area contributed by atoms with Gasteiger partial charge in [-0.1, -0.05) is 44.2 Å². The quantitative estimate of drug-likeness (QED) is 0.632. The Morgan fingerprint density at radius 1 is 1.22 bits per heavy atom. The highest BCUT2D eigenvalue weighted by Crippen LogP contribution is 2.51. The Hall–Kier alpha value is -1.59. The van der Waals surface area contributed by atoms with Gasteiger partial charge in [0.1, 0.15) is 0 Å². The van der Waals surface area contributed by atoms with Gasteiger partial charge in [0.05, 0.1) is 6.10 Å². The second kappa shape index (κ2) is 7.80. The van der Waals surface area contributed by atoms with E-state index in [1.54, 1.807) is 0 Å². The average Bonchev–Trinajstić information content (AvgIpc) is 3.12. The van der Waals surface area contributed by atoms with Gasteiger partial charge < -0.3 is 15.4 Å². The second-order valence-corrected chi connectivity index (χ2v) is 8.96. The monoisotopic (exact) mass is 370 g/mol. The van der Waals surface area contributed by atoms with Crippen molar-refractivity contribution >= 4 is 5.96 Å². The van der Waals surface area contributed by atoms with Crippen LogP contribution < -0.4 is 10.6 Å². The molecule has 5 nitrogen and oxygen atoms in total. The second-order valence-electron chi connectivity index (χ2n) is 8.96. The molecule has 2 aliphatic heterocycles. The van der Waals surface area contributed by atoms with Crippen LogP contribution in [-0.4, -0.2) is 55.8 Å². The highest BCUT2D eigenvalue weighted by molar-refractivity contribution is 5.80. The van der Waals surface area contributed by atoms with Crippen molar-refractivity contribution in [2.45, 2.75) is 57.8 Å². The molecule has 5 heteroatoms. The number of hydrogen-bond acceptors (Lipinski definition) is 3. The molecule has 4 atom stereocenters. The molecule has 1 saturated carbocycles. The Balaban J connectivity index is 1.30. The van der Waals surface area contributed by atoms with Crippen LogP contribution in [0.1, 0.15) is 38.7 Å². The summed E-state index contributed by atoms with van der Waals surface area (Å²) in [7, 11) is 1.88. The van der Waals surface area contributed by atoms with Crippen molar-refractivity contribution in [2.75, 3.05) is 26.7 Å². The summed E-state index contributed by atoms with van der Waals surface area (Å²) in [5.41, 5.74) is 1.55. The average molecular weight is 371 g/mol. The van der Waals surface area contributed by atoms with E-state index in [2.05, 4.69) is 64.7 Å². The van der Waals surface area contributed by atoms with Crippen molar-refractivity contribution in [3.05, 3.63) is 35.9 Å². The Morgan fingerprint density at radius 2 is 2.04 bits per heavy atom. The minimum atomic E-state index is 0.164. The van der Waals surface area contributed by atoms with Gasteiger partial charge in [-0.3, -0.25) is 9.89 Å². The number of fused-ring (bicyclic) bond motifs is 1. The molecule has 3 aliphatic rings. The minimum Gasteiger partial charge on any atom is -0.377 e. The molecular formula is C22H34N4O. The van der Waals surface area contributed by atoms with Crippen molar-refractivity contribution in [3.8, 4) is 0 Å². The third-order valence-corrected chi connectivity index (χ3v) is 6.71. The van der Waals surface area contributed by atoms with E-state index in [0.29, 0.717) is 24.1 Å². The summed E-state index contributed by atoms with van der Waals surface area (Å²) < 4.78 is 6.03. The number of benzene rings is 1. The number of guanidine groups is 1. The van der Waals surface area contributed by atoms with Crippen LogP contribution in [0.25, 0.3) is 0 Å². The molecule has 1 aliphatic carbocycles. The van der Waals surface area contributed by atoms with E-state index in [4.69, 9.17) is 4.74 Å². The predicted molar refractivity (Wildman–Crippen MR) is 110 cm³/mol. The van der Waals surface area contributed by atoms with E-state index in [1.807, 2.05) is 7.05 Å². The fourth-order valence-electron chi connectivity index (χ4n) is 5.26. The molecule has 3 fully saturated rings. The van der Waals surface area contributed by atoms with Gasteiger partial charge in [-0.05, 0) is 24.8 Å². The largest absolute Gasteiger partial charge is 0.377 e. The molecule has 0 bridgehead atoms. The number of ether oxygens (including phenoxy) is 1. The summed E-state index contributed by atoms with van der Waals surface area (Å²) in [6.45, 7) is 8.80. The van der Waals surface area contributed by atoms with Crippen molar-refractivity contribution < 1.29 is 4.74 Å². The lowest BCUT2D eigenvalue weighted by Crippen LogP contribution is -2.71. The van der Waals surface area contributed by atoms with E-state index in [-0.39, 0.29) is 5.41 Å². The molecule has 148 valence electrons. The van der Waals surface area contributed by atoms with Gasteiger partial charge in [-0.15, -0.1) is 0 Å². The number of likely N-dealkylation sites (tertiary alicyclic amines) is 1. The summed E-state index contributed by atoms with van der Waals surface area (Å²) in [5, 5.41) is 7.39. The van der Waals surface area contributed by atoms with Crippen LogP contribution in [0.2, 0.25) is 0 Å². The van der Waals surface area contributed by atoms with Crippen molar-refractivity contribution in [1.29, 1.82) is 0 Å². The molecule has 2 heterocycles. The van der Waals surface area contributed by atoms with E-state index < -0.39 is 0 Å². The highest BCUT2D eigenvalue weighted by Gasteiger charge is 2.58. The number of aliphatic imine (C=N–C) groups is 1. The molecule has 2 saturated heterocycles. The normalized spacial score (nSPS) is 33.2. The van der Waals surface area contributed by atoms with Crippen LogP contribution in [0, 0.1) is 11.3 Å². The summed E-state index contributed by atoms with van der Waals surface area (Å²) in [5.74, 6) is 1.56. The molecule has 2 N–H and O–H groups in total. The maximum atomic E-state index is 6.03. The van der Waals surface area contributed by atoms with Crippen molar-refractivity contribution in [3.63, 3.8) is 0 Å². The van der Waals surface area contributed by atoms with E-state index >= 15 is 0 Å². The van der Waals surface area contributed by atoms with Crippen LogP contribution in [0.5, 0.6) is 0 Å². The number of rotatable bonds is 4. The zero-order valence-corrected chi connectivity index (χ0v) is 16.9. The van der Waals surface area contributed by atoms with Gasteiger partial charge in [0.15, 0.2) is 5.96 Å². The number of nitrogens with zero attached hydrogens (tertiary/aromatic N) is 2. The Labute approximate surface area is 163 Å². The Kier molecular flexibility index (Phi) is 5.42. The predicted octanol–water partition coefficient (Wildman–Crippen LogP) is 2.63. The molecule has 0 spiro atoms. The highest BCUT2D eigenvalue weighted by atomic mass is 16.5. The summed E-state index contributed by atoms with van der Waals surface area (Å²) in [4.78, 5) is 7.05. The zero-order chi connectivity index (χ0) is 18.9. The molecule has 1 aromatic rings. The standard InChI is InChI=1S/C22H34N4O/c1-22(2)19(18-10-7-13-27-20(18)22)25-21(23-3)24-17-11-12-26(15-17)14-16-8-5-4-6-9-16/h4-6,8-9,17-20H,7,10-15H2,1-3H3,(H2,23,24,25). The van der Waals surface area contributed by atoms with Crippen LogP contribution >= 0.6 is 0 Å². The first-order valence-electron chi connectivity index (χ1n) is 10.5. The van der Waals surface area contributed by atoms with Crippen molar-refractivity contribution in [2.24, 2.45) is 16.3 Å². The molecular weight excluding hydrogens is 336 g/mol. The molecule has 4 rings (SSSR count). The van der Waals surface area contributed by atoms with Crippen molar-refractivity contribution in [1.82, 2.24) is 15.5 Å². The first-order valence-corrected chi connectivity index (χ1v) is 10.5. The molecule has 27 heavy (non-hydrogen) atoms. The SMILES string of the molecule is CN=C(NC1CCN(Cc2ccccc2)C1)NC1C2CCCOC2C1(C)C. The lowest BCUT2D eigenvalue weighted by Gasteiger charge is -2.60. The third-order valence-electron chi connectivity index (χ3n) is 6.71. The maximum Gasteiger partial charge on any atom is 0.191 e. The van der Waals surface area contributed by atoms with E-state index in [1.165, 1.54) is 18.4 Å². The fourth-order valence-corrected chi connectivity index (χ4v) is 5.26. The van der Waals surface area contributed by atoms with Crippen LogP contribution in [0.15, 0.2) is 35.3 Å². The smallest absolute Gasteiger partial charge is 0.191 e. The first-order chi connectivity index (χ1) is 13.1. The van der Waals surface area contributed by atoms with Crippen LogP contribution in [0.3, 0.4) is 0 Å². The Bertz CT molecular complexity index is 660. The van der Waals surface area contributed by atoms with Gasteiger partial charge in [-0.25, -0.2) is 0 Å². The lowest BCUT2D eigenvalue weighted by atomic mass is 9.55. The summed E-state index contributed by atoms with van der Waals surface area (Å²) in [6, 6.07) is 11.6. The molecule has 4 unspecified atom stereocenters. The van der Waals surface area contributed by atoms with Crippen LogP contribution in [-0.2, 0) is 11.3 Å². The third kappa shape index (κ3) is 3.85. The summed E-state index contributed by atoms with van der Waals surface area (Å²) >= 11 is 0. The van der Waals surface area contributed by atoms with Gasteiger partial charge >= 0.3 is 0 Å². The van der Waals surface area contributed by atoms with Crippen LogP contribution in [0.4, 0.5) is 0 Å². The van der Waals surface area contributed by atoms with E-state index in [0.717, 1.165) is 38.6 Å². The molecule has 0 amide bonds. The zero-order valence-electron chi connectivity index (χ0n) is 16.9. The fraction of sp³-hybridized carbons (Fsp3) is 0.682. The number of hydrogen-bond donors (Lipinski definition) is 2. The van der Waals surface area contributed by atoms with Gasteiger partial charge in [-0.2, -0.15) is 0 Å². The van der Waals surface area contributed by atoms with Gasteiger partial charge in [0.2, 0.25) is 0 Å². The Morgan fingerprint density at radius 3 is 2.81 bits per heavy atom. The molecule has 0 aromatic heterocycles. The van der Waals surface area contributed by atoms with E-state index in [9.17, 15) is 0 Å². The summed E-state index contributed by atoms with van der Waals surface area (Å²) in [6.07, 6.45) is 4.00. The van der Waals surface area contributed by atoms with Gasteiger partial charge in [0.25, 0.3) is 0 Å². The topological polar surface area (TPSA) is 48.9 Å². The lowest BCUT2D eigenvalue weighted by molar-refractivity contribution is -0.188. The first kappa shape index (κ1) is 18.8. The molecule has 1 aromatic carbocycles.